The average molecular weight is 414 g/mol. The van der Waals surface area contributed by atoms with Crippen molar-refractivity contribution >= 4 is 16.8 Å². The lowest BCUT2D eigenvalue weighted by Gasteiger charge is -2.36. The van der Waals surface area contributed by atoms with Gasteiger partial charge >= 0.3 is 0 Å². The highest BCUT2D eigenvalue weighted by atomic mass is 19.1. The topological polar surface area (TPSA) is 54.6 Å². The molecule has 1 aromatic heterocycles. The third-order valence-corrected chi connectivity index (χ3v) is 6.11. The molecule has 1 atom stereocenters. The molecule has 0 fully saturated rings. The molecule has 6 rings (SSSR count). The fourth-order valence-electron chi connectivity index (χ4n) is 4.68. The Balaban J connectivity index is 1.50. The smallest absolute Gasteiger partial charge is 0.254 e. The summed E-state index contributed by atoms with van der Waals surface area (Å²) in [5, 5.41) is 1.12. The summed E-state index contributed by atoms with van der Waals surface area (Å²) in [5.41, 5.74) is 3.96. The molecule has 5 nitrogen and oxygen atoms in total. The van der Waals surface area contributed by atoms with Crippen molar-refractivity contribution in [3.63, 3.8) is 0 Å². The van der Waals surface area contributed by atoms with E-state index in [4.69, 9.17) is 9.47 Å². The van der Waals surface area contributed by atoms with Gasteiger partial charge in [-0.05, 0) is 42.3 Å². The Hall–Kier alpha value is -3.80. The lowest BCUT2D eigenvalue weighted by Crippen LogP contribution is -2.41. The van der Waals surface area contributed by atoms with Gasteiger partial charge in [0.2, 0.25) is 6.79 Å². The molecular weight excluding hydrogens is 395 g/mol. The van der Waals surface area contributed by atoms with Crippen LogP contribution in [0.2, 0.25) is 0 Å². The number of carbonyl (C=O) groups is 1. The highest BCUT2D eigenvalue weighted by molar-refractivity contribution is 5.96. The summed E-state index contributed by atoms with van der Waals surface area (Å²) in [6, 6.07) is 19.3. The van der Waals surface area contributed by atoms with Crippen LogP contribution in [0.25, 0.3) is 10.9 Å². The maximum absolute atomic E-state index is 15.0. The molecule has 0 radical (unpaired) electrons. The first kappa shape index (κ1) is 18.0. The van der Waals surface area contributed by atoms with Crippen LogP contribution in [0, 0.1) is 5.82 Å². The molecule has 0 bridgehead atoms. The maximum atomic E-state index is 15.0. The molecule has 0 saturated carbocycles. The fraction of sp³-hybridized carbons (Fsp3) is 0.160. The zero-order chi connectivity index (χ0) is 20.9. The Morgan fingerprint density at radius 3 is 2.71 bits per heavy atom. The summed E-state index contributed by atoms with van der Waals surface area (Å²) >= 11 is 0. The predicted octanol–water partition coefficient (Wildman–Crippen LogP) is 4.82. The van der Waals surface area contributed by atoms with Gasteiger partial charge in [-0.3, -0.25) is 4.79 Å². The minimum atomic E-state index is -0.546. The van der Waals surface area contributed by atoms with Crippen molar-refractivity contribution in [1.82, 2.24) is 9.88 Å². The van der Waals surface area contributed by atoms with Crippen LogP contribution in [0.1, 0.15) is 33.2 Å². The van der Waals surface area contributed by atoms with E-state index in [0.29, 0.717) is 35.6 Å². The minimum Gasteiger partial charge on any atom is -0.454 e. The summed E-state index contributed by atoms with van der Waals surface area (Å²) in [6.45, 7) is 0.633. The molecular formula is C25H19FN2O3. The molecule has 3 aromatic carbocycles. The van der Waals surface area contributed by atoms with E-state index in [-0.39, 0.29) is 18.5 Å². The molecule has 31 heavy (non-hydrogen) atoms. The van der Waals surface area contributed by atoms with Crippen molar-refractivity contribution in [2.75, 3.05) is 13.3 Å². The number of halogens is 1. The van der Waals surface area contributed by atoms with E-state index in [0.717, 1.165) is 22.2 Å². The summed E-state index contributed by atoms with van der Waals surface area (Å²) in [6.07, 6.45) is 0.695. The Labute approximate surface area is 178 Å². The summed E-state index contributed by atoms with van der Waals surface area (Å²) < 4.78 is 25.8. The summed E-state index contributed by atoms with van der Waals surface area (Å²) in [4.78, 5) is 18.8. The molecule has 0 saturated heterocycles. The highest BCUT2D eigenvalue weighted by Gasteiger charge is 2.36. The number of aromatic amines is 1. The van der Waals surface area contributed by atoms with Crippen molar-refractivity contribution in [1.29, 1.82) is 0 Å². The largest absolute Gasteiger partial charge is 0.454 e. The molecule has 154 valence electrons. The zero-order valence-electron chi connectivity index (χ0n) is 16.6. The second-order valence-corrected chi connectivity index (χ2v) is 7.80. The fourth-order valence-corrected chi connectivity index (χ4v) is 4.68. The first-order chi connectivity index (χ1) is 15.2. The monoisotopic (exact) mass is 414 g/mol. The lowest BCUT2D eigenvalue weighted by atomic mass is 9.91. The lowest BCUT2D eigenvalue weighted by molar-refractivity contribution is 0.0689. The maximum Gasteiger partial charge on any atom is 0.254 e. The normalized spacial score (nSPS) is 17.1. The molecule has 1 amide bonds. The van der Waals surface area contributed by atoms with Crippen molar-refractivity contribution in [2.24, 2.45) is 0 Å². The first-order valence-corrected chi connectivity index (χ1v) is 10.3. The number of nitrogens with zero attached hydrogens (tertiary/aromatic N) is 1. The van der Waals surface area contributed by atoms with Gasteiger partial charge in [0, 0.05) is 34.3 Å². The molecule has 4 aromatic rings. The Bertz CT molecular complexity index is 1330. The van der Waals surface area contributed by atoms with Gasteiger partial charge in [-0.1, -0.05) is 36.4 Å². The highest BCUT2D eigenvalue weighted by Crippen LogP contribution is 2.40. The van der Waals surface area contributed by atoms with Gasteiger partial charge in [-0.15, -0.1) is 0 Å². The molecule has 0 aliphatic carbocycles. The van der Waals surface area contributed by atoms with Crippen LogP contribution in [-0.4, -0.2) is 29.1 Å². The van der Waals surface area contributed by atoms with Crippen molar-refractivity contribution in [3.8, 4) is 11.5 Å². The van der Waals surface area contributed by atoms with E-state index in [1.165, 1.54) is 6.07 Å². The van der Waals surface area contributed by atoms with Crippen LogP contribution in [0.4, 0.5) is 4.39 Å². The van der Waals surface area contributed by atoms with Crippen LogP contribution in [-0.2, 0) is 6.42 Å². The van der Waals surface area contributed by atoms with E-state index in [9.17, 15) is 9.18 Å². The number of H-pyrrole nitrogens is 1. The van der Waals surface area contributed by atoms with Crippen LogP contribution < -0.4 is 9.47 Å². The molecule has 0 unspecified atom stereocenters. The first-order valence-electron chi connectivity index (χ1n) is 10.3. The third-order valence-electron chi connectivity index (χ3n) is 6.11. The second kappa shape index (κ2) is 6.87. The van der Waals surface area contributed by atoms with Crippen LogP contribution >= 0.6 is 0 Å². The van der Waals surface area contributed by atoms with Gasteiger partial charge in [0.25, 0.3) is 5.91 Å². The SMILES string of the molecule is O=C(c1ccc2c(c1)OCO2)N1CCc2c([nH]c3ccccc23)[C@H]1c1ccccc1F. The number of benzene rings is 3. The number of fused-ring (bicyclic) bond motifs is 4. The van der Waals surface area contributed by atoms with E-state index < -0.39 is 6.04 Å². The second-order valence-electron chi connectivity index (χ2n) is 7.80. The average Bonchev–Trinajstić information content (AvgIpc) is 3.42. The van der Waals surface area contributed by atoms with Gasteiger partial charge < -0.3 is 19.4 Å². The van der Waals surface area contributed by atoms with Crippen molar-refractivity contribution in [2.45, 2.75) is 12.5 Å². The minimum absolute atomic E-state index is 0.146. The zero-order valence-corrected chi connectivity index (χ0v) is 16.6. The Kier molecular flexibility index (Phi) is 3.99. The van der Waals surface area contributed by atoms with Crippen LogP contribution in [0.3, 0.4) is 0 Å². The molecule has 2 aliphatic heterocycles. The van der Waals surface area contributed by atoms with Crippen molar-refractivity contribution in [3.05, 3.63) is 94.9 Å². The number of nitrogens with one attached hydrogen (secondary N) is 1. The Morgan fingerprint density at radius 2 is 1.81 bits per heavy atom. The predicted molar refractivity (Wildman–Crippen MR) is 114 cm³/mol. The molecule has 3 heterocycles. The number of hydrogen-bond donors (Lipinski definition) is 1. The molecule has 6 heteroatoms. The number of rotatable bonds is 2. The number of amides is 1. The molecule has 0 spiro atoms. The number of hydrogen-bond acceptors (Lipinski definition) is 3. The van der Waals surface area contributed by atoms with Gasteiger partial charge in [0.1, 0.15) is 11.9 Å². The van der Waals surface area contributed by atoms with E-state index in [2.05, 4.69) is 11.1 Å². The number of carbonyl (C=O) groups excluding carboxylic acids is 1. The van der Waals surface area contributed by atoms with E-state index in [1.807, 2.05) is 18.2 Å². The number of aromatic nitrogens is 1. The molecule has 1 N–H and O–H groups in total. The van der Waals surface area contributed by atoms with Gasteiger partial charge in [0.05, 0.1) is 0 Å². The van der Waals surface area contributed by atoms with E-state index >= 15 is 0 Å². The van der Waals surface area contributed by atoms with Crippen molar-refractivity contribution < 1.29 is 18.7 Å². The summed E-state index contributed by atoms with van der Waals surface area (Å²) in [5.74, 6) is 0.675. The number of para-hydroxylation sites is 1. The van der Waals surface area contributed by atoms with Gasteiger partial charge in [-0.25, -0.2) is 4.39 Å². The quantitative estimate of drug-likeness (QED) is 0.512. The van der Waals surface area contributed by atoms with Crippen LogP contribution in [0.5, 0.6) is 11.5 Å². The third kappa shape index (κ3) is 2.79. The summed E-state index contributed by atoms with van der Waals surface area (Å²) in [7, 11) is 0. The van der Waals surface area contributed by atoms with E-state index in [1.54, 1.807) is 41.3 Å². The standard InChI is InChI=1S/C25H19FN2O3/c26-19-7-3-1-6-18(19)24-23-17(16-5-2-4-8-20(16)27-23)11-12-28(24)25(29)15-9-10-21-22(13-15)31-14-30-21/h1-10,13,24,27H,11-12,14H2/t24-/m1/s1. The van der Waals surface area contributed by atoms with Gasteiger partial charge in [0.15, 0.2) is 11.5 Å². The van der Waals surface area contributed by atoms with Crippen LogP contribution in [0.15, 0.2) is 66.7 Å². The van der Waals surface area contributed by atoms with Gasteiger partial charge in [-0.2, -0.15) is 0 Å². The Morgan fingerprint density at radius 1 is 1.00 bits per heavy atom. The molecule has 2 aliphatic rings. The number of ether oxygens (including phenoxy) is 2.